The predicted molar refractivity (Wildman–Crippen MR) is 75.9 cm³/mol. The molecule has 1 unspecified atom stereocenters. The topological polar surface area (TPSA) is 72.2 Å². The molecule has 0 heterocycles. The lowest BCUT2D eigenvalue weighted by Crippen LogP contribution is -2.27. The number of anilines is 1. The molecule has 0 bridgehead atoms. The van der Waals surface area contributed by atoms with E-state index >= 15 is 0 Å². The van der Waals surface area contributed by atoms with E-state index in [1.54, 1.807) is 31.2 Å². The second kappa shape index (κ2) is 5.79. The van der Waals surface area contributed by atoms with E-state index < -0.39 is 32.6 Å². The Morgan fingerprint density at radius 3 is 2.10 bits per heavy atom. The zero-order valence-electron chi connectivity index (χ0n) is 11.2. The van der Waals surface area contributed by atoms with Crippen LogP contribution in [0.5, 0.6) is 0 Å². The number of rotatable bonds is 4. The van der Waals surface area contributed by atoms with Crippen molar-refractivity contribution in [3.8, 4) is 0 Å². The molecule has 7 heteroatoms. The summed E-state index contributed by atoms with van der Waals surface area (Å²) >= 11 is 0. The first-order valence-electron chi connectivity index (χ1n) is 6.12. The molecule has 21 heavy (non-hydrogen) atoms. The number of hydrogen-bond donors (Lipinski definition) is 2. The molecule has 0 aliphatic carbocycles. The molecule has 0 fully saturated rings. The summed E-state index contributed by atoms with van der Waals surface area (Å²) in [5.41, 5.74) is 6.80. The van der Waals surface area contributed by atoms with Gasteiger partial charge in [-0.1, -0.05) is 12.1 Å². The Labute approximate surface area is 121 Å². The van der Waals surface area contributed by atoms with E-state index in [1.807, 2.05) is 0 Å². The zero-order valence-corrected chi connectivity index (χ0v) is 12.0. The van der Waals surface area contributed by atoms with Crippen molar-refractivity contribution in [2.24, 2.45) is 0 Å². The molecule has 0 saturated heterocycles. The van der Waals surface area contributed by atoms with E-state index in [-0.39, 0.29) is 0 Å². The summed E-state index contributed by atoms with van der Waals surface area (Å²) < 4.78 is 52.8. The molecule has 0 saturated carbocycles. The molecular weight excluding hydrogens is 298 g/mol. The number of nitrogen functional groups attached to an aromatic ring is 1. The predicted octanol–water partition coefficient (Wildman–Crippen LogP) is 2.59. The maximum Gasteiger partial charge on any atom is 0.241 e. The van der Waals surface area contributed by atoms with Crippen LogP contribution in [0.3, 0.4) is 0 Å². The van der Waals surface area contributed by atoms with Crippen LogP contribution in [0.4, 0.5) is 14.5 Å². The highest BCUT2D eigenvalue weighted by molar-refractivity contribution is 7.89. The maximum absolute atomic E-state index is 13.1. The second-order valence-corrected chi connectivity index (χ2v) is 6.33. The van der Waals surface area contributed by atoms with Crippen molar-refractivity contribution >= 4 is 15.7 Å². The Bertz CT molecular complexity index is 726. The van der Waals surface area contributed by atoms with Gasteiger partial charge in [0, 0.05) is 17.8 Å². The molecule has 3 N–H and O–H groups in total. The van der Waals surface area contributed by atoms with Crippen molar-refractivity contribution < 1.29 is 17.2 Å². The lowest BCUT2D eigenvalue weighted by Gasteiger charge is -2.15. The number of nitrogens with two attached hydrogens (primary N) is 1. The highest BCUT2D eigenvalue weighted by atomic mass is 32.2. The van der Waals surface area contributed by atoms with Gasteiger partial charge in [-0.2, -0.15) is 0 Å². The molecule has 0 radical (unpaired) electrons. The molecule has 112 valence electrons. The summed E-state index contributed by atoms with van der Waals surface area (Å²) in [6.45, 7) is 1.62. The fourth-order valence-electron chi connectivity index (χ4n) is 1.84. The van der Waals surface area contributed by atoms with Crippen LogP contribution < -0.4 is 10.5 Å². The fraction of sp³-hybridized carbons (Fsp3) is 0.143. The first kappa shape index (κ1) is 15.4. The molecule has 2 aromatic rings. The first-order valence-corrected chi connectivity index (χ1v) is 7.60. The minimum Gasteiger partial charge on any atom is -0.399 e. The standard InChI is InChI=1S/C14H14F2N2O2S/c1-9(10-2-4-13(17)5-3-10)18-21(19,20)14-7-11(15)6-12(16)8-14/h2-9,18H,17H2,1H3. The molecule has 1 atom stereocenters. The highest BCUT2D eigenvalue weighted by Crippen LogP contribution is 2.19. The lowest BCUT2D eigenvalue weighted by molar-refractivity contribution is 0.553. The van der Waals surface area contributed by atoms with Crippen molar-refractivity contribution in [2.45, 2.75) is 17.9 Å². The minimum atomic E-state index is -4.02. The maximum atomic E-state index is 13.1. The third-order valence-electron chi connectivity index (χ3n) is 2.91. The van der Waals surface area contributed by atoms with Gasteiger partial charge in [0.15, 0.2) is 0 Å². The van der Waals surface area contributed by atoms with E-state index in [1.165, 1.54) is 0 Å². The van der Waals surface area contributed by atoms with E-state index in [4.69, 9.17) is 5.73 Å². The summed E-state index contributed by atoms with van der Waals surface area (Å²) in [5.74, 6) is -1.90. The van der Waals surface area contributed by atoms with Crippen LogP contribution in [0.1, 0.15) is 18.5 Å². The van der Waals surface area contributed by atoms with Gasteiger partial charge in [0.1, 0.15) is 11.6 Å². The van der Waals surface area contributed by atoms with Crippen molar-refractivity contribution in [1.82, 2.24) is 4.72 Å². The third-order valence-corrected chi connectivity index (χ3v) is 4.43. The van der Waals surface area contributed by atoms with Crippen LogP contribution in [-0.4, -0.2) is 8.42 Å². The Morgan fingerprint density at radius 1 is 1.05 bits per heavy atom. The van der Waals surface area contributed by atoms with Crippen LogP contribution in [-0.2, 0) is 10.0 Å². The van der Waals surface area contributed by atoms with E-state index in [2.05, 4.69) is 4.72 Å². The molecule has 0 aliphatic rings. The number of benzene rings is 2. The number of sulfonamides is 1. The average Bonchev–Trinajstić information content (AvgIpc) is 2.37. The molecule has 0 aliphatic heterocycles. The molecule has 2 rings (SSSR count). The molecule has 0 aromatic heterocycles. The summed E-state index contributed by atoms with van der Waals surface area (Å²) in [4.78, 5) is -0.456. The van der Waals surface area contributed by atoms with Gasteiger partial charge in [-0.15, -0.1) is 0 Å². The molecule has 4 nitrogen and oxygen atoms in total. The van der Waals surface area contributed by atoms with Gasteiger partial charge in [-0.3, -0.25) is 0 Å². The number of halogens is 2. The largest absolute Gasteiger partial charge is 0.399 e. The smallest absolute Gasteiger partial charge is 0.241 e. The summed E-state index contributed by atoms with van der Waals surface area (Å²) in [6.07, 6.45) is 0. The minimum absolute atomic E-state index is 0.456. The van der Waals surface area contributed by atoms with Gasteiger partial charge in [0.25, 0.3) is 0 Å². The SMILES string of the molecule is CC(NS(=O)(=O)c1cc(F)cc(F)c1)c1ccc(N)cc1. The average molecular weight is 312 g/mol. The lowest BCUT2D eigenvalue weighted by atomic mass is 10.1. The monoisotopic (exact) mass is 312 g/mol. The van der Waals surface area contributed by atoms with Crippen molar-refractivity contribution in [3.05, 3.63) is 59.7 Å². The van der Waals surface area contributed by atoms with Crippen LogP contribution in [0, 0.1) is 11.6 Å². The summed E-state index contributed by atoms with van der Waals surface area (Å²) in [6, 6.07) is 8.21. The van der Waals surface area contributed by atoms with E-state index in [0.717, 1.165) is 12.1 Å². The van der Waals surface area contributed by atoms with E-state index in [0.29, 0.717) is 17.3 Å². The highest BCUT2D eigenvalue weighted by Gasteiger charge is 2.20. The van der Waals surface area contributed by atoms with Gasteiger partial charge in [0.05, 0.1) is 4.90 Å². The van der Waals surface area contributed by atoms with Crippen LogP contribution in [0.2, 0.25) is 0 Å². The number of nitrogens with one attached hydrogen (secondary N) is 1. The van der Waals surface area contributed by atoms with Crippen molar-refractivity contribution in [3.63, 3.8) is 0 Å². The normalized spacial score (nSPS) is 13.1. The Hall–Kier alpha value is -1.99. The molecule has 2 aromatic carbocycles. The van der Waals surface area contributed by atoms with Gasteiger partial charge < -0.3 is 5.73 Å². The fourth-order valence-corrected chi connectivity index (χ4v) is 3.11. The quantitative estimate of drug-likeness (QED) is 0.852. The van der Waals surface area contributed by atoms with Gasteiger partial charge in [0.2, 0.25) is 10.0 Å². The Balaban J connectivity index is 2.26. The summed E-state index contributed by atoms with van der Waals surface area (Å²) in [7, 11) is -4.02. The molecule has 0 amide bonds. The van der Waals surface area contributed by atoms with Crippen molar-refractivity contribution in [2.75, 3.05) is 5.73 Å². The number of hydrogen-bond acceptors (Lipinski definition) is 3. The first-order chi connectivity index (χ1) is 9.78. The van der Waals surface area contributed by atoms with Crippen LogP contribution >= 0.6 is 0 Å². The molecule has 0 spiro atoms. The summed E-state index contributed by atoms with van der Waals surface area (Å²) in [5, 5.41) is 0. The van der Waals surface area contributed by atoms with Crippen molar-refractivity contribution in [1.29, 1.82) is 0 Å². The van der Waals surface area contributed by atoms with Gasteiger partial charge >= 0.3 is 0 Å². The third kappa shape index (κ3) is 3.77. The van der Waals surface area contributed by atoms with Crippen LogP contribution in [0.25, 0.3) is 0 Å². The van der Waals surface area contributed by atoms with Crippen LogP contribution in [0.15, 0.2) is 47.4 Å². The van der Waals surface area contributed by atoms with Gasteiger partial charge in [-0.25, -0.2) is 21.9 Å². The zero-order chi connectivity index (χ0) is 15.6. The van der Waals surface area contributed by atoms with Gasteiger partial charge in [-0.05, 0) is 36.8 Å². The molecular formula is C14H14F2N2O2S. The Kier molecular flexibility index (Phi) is 4.24. The van der Waals surface area contributed by atoms with E-state index in [9.17, 15) is 17.2 Å². The Morgan fingerprint density at radius 2 is 1.57 bits per heavy atom. The second-order valence-electron chi connectivity index (χ2n) is 4.61.